The second-order valence-corrected chi connectivity index (χ2v) is 5.41. The summed E-state index contributed by atoms with van der Waals surface area (Å²) in [4.78, 5) is 23.3. The third-order valence-electron chi connectivity index (χ3n) is 3.60. The summed E-state index contributed by atoms with van der Waals surface area (Å²) in [7, 11) is 0. The third-order valence-corrected chi connectivity index (χ3v) is 3.60. The van der Waals surface area contributed by atoms with Gasteiger partial charge >= 0.3 is 5.97 Å². The quantitative estimate of drug-likeness (QED) is 0.584. The van der Waals surface area contributed by atoms with Gasteiger partial charge in [0.15, 0.2) is 0 Å². The van der Waals surface area contributed by atoms with Gasteiger partial charge in [0.2, 0.25) is 5.91 Å². The van der Waals surface area contributed by atoms with Gasteiger partial charge < -0.3 is 10.4 Å². The Bertz CT molecular complexity index is 328. The molecule has 4 heteroatoms. The number of hydrogen-bond acceptors (Lipinski definition) is 2. The second kappa shape index (κ2) is 6.57. The summed E-state index contributed by atoms with van der Waals surface area (Å²) in [5, 5.41) is 12.2. The Morgan fingerprint density at radius 2 is 1.78 bits per heavy atom. The molecule has 102 valence electrons. The van der Waals surface area contributed by atoms with E-state index >= 15 is 0 Å². The highest BCUT2D eigenvalue weighted by Crippen LogP contribution is 2.38. The highest BCUT2D eigenvalue weighted by Gasteiger charge is 2.40. The fourth-order valence-corrected chi connectivity index (χ4v) is 2.49. The lowest BCUT2D eigenvalue weighted by molar-refractivity contribution is -0.152. The largest absolute Gasteiger partial charge is 0.481 e. The first-order valence-corrected chi connectivity index (χ1v) is 6.61. The van der Waals surface area contributed by atoms with Crippen molar-refractivity contribution in [3.05, 3.63) is 12.2 Å². The van der Waals surface area contributed by atoms with Crippen molar-refractivity contribution in [2.75, 3.05) is 6.54 Å². The molecule has 0 heterocycles. The van der Waals surface area contributed by atoms with Crippen LogP contribution in [-0.4, -0.2) is 23.5 Å². The van der Waals surface area contributed by atoms with Crippen LogP contribution in [0.3, 0.4) is 0 Å². The number of carbonyl (C=O) groups excluding carboxylic acids is 1. The molecule has 0 aliphatic heterocycles. The molecule has 1 aliphatic carbocycles. The Morgan fingerprint density at radius 1 is 1.22 bits per heavy atom. The molecule has 4 nitrogen and oxygen atoms in total. The maximum Gasteiger partial charge on any atom is 0.310 e. The fraction of sp³-hybridized carbons (Fsp3) is 0.714. The average Bonchev–Trinajstić information content (AvgIpc) is 2.53. The van der Waals surface area contributed by atoms with E-state index in [2.05, 4.69) is 11.9 Å². The molecule has 1 rings (SSSR count). The first-order chi connectivity index (χ1) is 8.46. The first-order valence-electron chi connectivity index (χ1n) is 6.61. The third kappa shape index (κ3) is 4.17. The number of aliphatic carboxylic acids is 1. The molecule has 18 heavy (non-hydrogen) atoms. The number of hydrogen-bond donors (Lipinski definition) is 2. The topological polar surface area (TPSA) is 66.4 Å². The molecule has 2 N–H and O–H groups in total. The molecule has 1 saturated carbocycles. The number of amides is 1. The standard InChI is InChI=1S/C14H23NO3/c1-11(2)10-15-12(16)9-14(13(17)18)7-5-3-4-6-8-14/h1,3-10H2,2H3,(H,15,16)(H,17,18). The summed E-state index contributed by atoms with van der Waals surface area (Å²) in [6, 6.07) is 0. The van der Waals surface area contributed by atoms with Gasteiger partial charge in [-0.05, 0) is 19.8 Å². The molecule has 1 fully saturated rings. The Balaban J connectivity index is 2.64. The van der Waals surface area contributed by atoms with E-state index in [4.69, 9.17) is 0 Å². The number of rotatable bonds is 5. The van der Waals surface area contributed by atoms with E-state index in [1.165, 1.54) is 0 Å². The van der Waals surface area contributed by atoms with E-state index in [1.54, 1.807) is 0 Å². The van der Waals surface area contributed by atoms with Crippen molar-refractivity contribution in [2.24, 2.45) is 5.41 Å². The molecule has 0 aromatic carbocycles. The summed E-state index contributed by atoms with van der Waals surface area (Å²) >= 11 is 0. The van der Waals surface area contributed by atoms with Crippen LogP contribution in [0.1, 0.15) is 51.9 Å². The van der Waals surface area contributed by atoms with Crippen LogP contribution in [0.15, 0.2) is 12.2 Å². The lowest BCUT2D eigenvalue weighted by atomic mass is 9.77. The summed E-state index contributed by atoms with van der Waals surface area (Å²) in [5.41, 5.74) is 0.0175. The predicted octanol–water partition coefficient (Wildman–Crippen LogP) is 2.49. The summed E-state index contributed by atoms with van der Waals surface area (Å²) < 4.78 is 0. The smallest absolute Gasteiger partial charge is 0.310 e. The molecule has 0 aromatic rings. The van der Waals surface area contributed by atoms with E-state index in [9.17, 15) is 14.7 Å². The highest BCUT2D eigenvalue weighted by molar-refractivity contribution is 5.85. The number of carbonyl (C=O) groups is 2. The zero-order valence-electron chi connectivity index (χ0n) is 11.1. The minimum atomic E-state index is -0.852. The Morgan fingerprint density at radius 3 is 2.22 bits per heavy atom. The van der Waals surface area contributed by atoms with Crippen molar-refractivity contribution in [1.82, 2.24) is 5.32 Å². The Hall–Kier alpha value is -1.32. The molecule has 0 bridgehead atoms. The van der Waals surface area contributed by atoms with Gasteiger partial charge in [0, 0.05) is 13.0 Å². The van der Waals surface area contributed by atoms with E-state index < -0.39 is 11.4 Å². The van der Waals surface area contributed by atoms with E-state index in [0.717, 1.165) is 31.3 Å². The van der Waals surface area contributed by atoms with Crippen LogP contribution in [0.25, 0.3) is 0 Å². The zero-order chi connectivity index (χ0) is 13.6. The molecule has 0 unspecified atom stereocenters. The average molecular weight is 253 g/mol. The number of nitrogens with one attached hydrogen (secondary N) is 1. The molecule has 0 saturated heterocycles. The highest BCUT2D eigenvalue weighted by atomic mass is 16.4. The summed E-state index contributed by atoms with van der Waals surface area (Å²) in [6.07, 6.45) is 5.27. The first kappa shape index (κ1) is 14.7. The van der Waals surface area contributed by atoms with Crippen LogP contribution >= 0.6 is 0 Å². The maximum absolute atomic E-state index is 11.8. The van der Waals surface area contributed by atoms with Crippen LogP contribution in [-0.2, 0) is 9.59 Å². The second-order valence-electron chi connectivity index (χ2n) is 5.41. The molecule has 0 atom stereocenters. The minimum Gasteiger partial charge on any atom is -0.481 e. The van der Waals surface area contributed by atoms with Crippen LogP contribution < -0.4 is 5.32 Å². The van der Waals surface area contributed by atoms with E-state index in [-0.39, 0.29) is 12.3 Å². The van der Waals surface area contributed by atoms with Crippen molar-refractivity contribution < 1.29 is 14.7 Å². The van der Waals surface area contributed by atoms with Gasteiger partial charge in [0.25, 0.3) is 0 Å². The molecule has 0 radical (unpaired) electrons. The monoisotopic (exact) mass is 253 g/mol. The lowest BCUT2D eigenvalue weighted by Crippen LogP contribution is -2.37. The molecular weight excluding hydrogens is 230 g/mol. The Labute approximate surface area is 108 Å². The fourth-order valence-electron chi connectivity index (χ4n) is 2.49. The predicted molar refractivity (Wildman–Crippen MR) is 70.2 cm³/mol. The maximum atomic E-state index is 11.8. The minimum absolute atomic E-state index is 0.0929. The number of carboxylic acids is 1. The SMILES string of the molecule is C=C(C)CNC(=O)CC1(C(=O)O)CCCCCC1. The van der Waals surface area contributed by atoms with Crippen molar-refractivity contribution >= 4 is 11.9 Å². The normalized spacial score (nSPS) is 18.7. The van der Waals surface area contributed by atoms with Crippen molar-refractivity contribution in [3.63, 3.8) is 0 Å². The van der Waals surface area contributed by atoms with Crippen LogP contribution in [0.4, 0.5) is 0 Å². The van der Waals surface area contributed by atoms with Crippen LogP contribution in [0.2, 0.25) is 0 Å². The van der Waals surface area contributed by atoms with Gasteiger partial charge in [-0.3, -0.25) is 9.59 Å². The molecule has 0 aromatic heterocycles. The van der Waals surface area contributed by atoms with Crippen LogP contribution in [0.5, 0.6) is 0 Å². The molecular formula is C14H23NO3. The van der Waals surface area contributed by atoms with Gasteiger partial charge in [0.1, 0.15) is 0 Å². The molecule has 1 aliphatic rings. The van der Waals surface area contributed by atoms with Gasteiger partial charge in [0.05, 0.1) is 5.41 Å². The van der Waals surface area contributed by atoms with Crippen molar-refractivity contribution in [3.8, 4) is 0 Å². The van der Waals surface area contributed by atoms with Crippen molar-refractivity contribution in [2.45, 2.75) is 51.9 Å². The van der Waals surface area contributed by atoms with E-state index in [0.29, 0.717) is 19.4 Å². The zero-order valence-corrected chi connectivity index (χ0v) is 11.1. The van der Waals surface area contributed by atoms with E-state index in [1.807, 2.05) is 6.92 Å². The van der Waals surface area contributed by atoms with Gasteiger partial charge in [-0.25, -0.2) is 0 Å². The van der Waals surface area contributed by atoms with Crippen LogP contribution in [0, 0.1) is 5.41 Å². The van der Waals surface area contributed by atoms with Gasteiger partial charge in [-0.2, -0.15) is 0 Å². The summed E-state index contributed by atoms with van der Waals surface area (Å²) in [6.45, 7) is 5.97. The Kier molecular flexibility index (Phi) is 5.38. The van der Waals surface area contributed by atoms with Gasteiger partial charge in [-0.15, -0.1) is 0 Å². The van der Waals surface area contributed by atoms with Crippen molar-refractivity contribution in [1.29, 1.82) is 0 Å². The number of carboxylic acid groups (broad SMARTS) is 1. The molecule has 0 spiro atoms. The van der Waals surface area contributed by atoms with Gasteiger partial charge in [-0.1, -0.05) is 37.8 Å². The summed E-state index contributed by atoms with van der Waals surface area (Å²) in [5.74, 6) is -1.00. The molecule has 1 amide bonds. The lowest BCUT2D eigenvalue weighted by Gasteiger charge is -2.27.